The van der Waals surface area contributed by atoms with Gasteiger partial charge in [0.05, 0.1) is 6.04 Å². The van der Waals surface area contributed by atoms with E-state index in [0.717, 1.165) is 11.1 Å². The van der Waals surface area contributed by atoms with E-state index in [1.54, 1.807) is 13.0 Å². The third-order valence-corrected chi connectivity index (χ3v) is 2.26. The second-order valence-electron chi connectivity index (χ2n) is 3.64. The van der Waals surface area contributed by atoms with Crippen LogP contribution in [0.4, 0.5) is 0 Å². The zero-order chi connectivity index (χ0) is 11.4. The highest BCUT2D eigenvalue weighted by atomic mass is 16.3. The lowest BCUT2D eigenvalue weighted by Gasteiger charge is -2.11. The van der Waals surface area contributed by atoms with Crippen LogP contribution in [0.1, 0.15) is 18.1 Å². The third-order valence-electron chi connectivity index (χ3n) is 2.26. The molecule has 0 radical (unpaired) electrons. The molecule has 1 aromatic rings. The zero-order valence-electron chi connectivity index (χ0n) is 8.95. The van der Waals surface area contributed by atoms with Gasteiger partial charge in [-0.3, -0.25) is 4.79 Å². The Labute approximate surface area is 89.1 Å². The summed E-state index contributed by atoms with van der Waals surface area (Å²) in [6.45, 7) is 4.06. The molecule has 0 aliphatic heterocycles. The fourth-order valence-corrected chi connectivity index (χ4v) is 1.22. The summed E-state index contributed by atoms with van der Waals surface area (Å²) < 4.78 is 0. The van der Waals surface area contributed by atoms with Gasteiger partial charge < -0.3 is 16.2 Å². The summed E-state index contributed by atoms with van der Waals surface area (Å²) in [6, 6.07) is 4.94. The fraction of sp³-hybridized carbons (Fsp3) is 0.364. The number of primary amides is 1. The molecule has 15 heavy (non-hydrogen) atoms. The number of rotatable bonds is 4. The van der Waals surface area contributed by atoms with Crippen molar-refractivity contribution in [2.45, 2.75) is 26.4 Å². The number of phenols is 1. The molecular formula is C11H16N2O2. The molecule has 0 bridgehead atoms. The number of benzene rings is 1. The standard InChI is InChI=1S/C11H16N2O2/c1-7-3-4-10(14)9(5-7)6-13-8(2)11(12)15/h3-5,8,13-14H,6H2,1-2H3,(H2,12,15)/t8-/m0/s1. The lowest BCUT2D eigenvalue weighted by atomic mass is 10.1. The lowest BCUT2D eigenvalue weighted by molar-refractivity contribution is -0.119. The number of aryl methyl sites for hydroxylation is 1. The maximum absolute atomic E-state index is 10.8. The van der Waals surface area contributed by atoms with E-state index in [-0.39, 0.29) is 5.75 Å². The van der Waals surface area contributed by atoms with Crippen LogP contribution in [0.2, 0.25) is 0 Å². The predicted octanol–water partition coefficient (Wildman–Crippen LogP) is 0.664. The number of hydrogen-bond donors (Lipinski definition) is 3. The van der Waals surface area contributed by atoms with E-state index in [1.807, 2.05) is 19.1 Å². The van der Waals surface area contributed by atoms with Crippen molar-refractivity contribution < 1.29 is 9.90 Å². The molecule has 0 aliphatic carbocycles. The number of carbonyl (C=O) groups is 1. The highest BCUT2D eigenvalue weighted by Gasteiger charge is 2.08. The molecule has 1 rings (SSSR count). The maximum atomic E-state index is 10.8. The van der Waals surface area contributed by atoms with Crippen LogP contribution in [-0.2, 0) is 11.3 Å². The summed E-state index contributed by atoms with van der Waals surface area (Å²) in [5, 5.41) is 12.5. The molecule has 4 nitrogen and oxygen atoms in total. The van der Waals surface area contributed by atoms with Crippen LogP contribution >= 0.6 is 0 Å². The number of aromatic hydroxyl groups is 1. The minimum atomic E-state index is -0.401. The van der Waals surface area contributed by atoms with Gasteiger partial charge in [-0.25, -0.2) is 0 Å². The molecule has 0 fully saturated rings. The van der Waals surface area contributed by atoms with Gasteiger partial charge in [0.15, 0.2) is 0 Å². The summed E-state index contributed by atoms with van der Waals surface area (Å²) in [5.74, 6) is -0.174. The molecular weight excluding hydrogens is 192 g/mol. The topological polar surface area (TPSA) is 75.3 Å². The van der Waals surface area contributed by atoms with Crippen LogP contribution < -0.4 is 11.1 Å². The van der Waals surface area contributed by atoms with Gasteiger partial charge in [0.25, 0.3) is 0 Å². The number of amides is 1. The summed E-state index contributed by atoms with van der Waals surface area (Å²) in [5.41, 5.74) is 6.94. The molecule has 0 saturated carbocycles. The van der Waals surface area contributed by atoms with Crippen molar-refractivity contribution in [3.63, 3.8) is 0 Å². The summed E-state index contributed by atoms with van der Waals surface area (Å²) in [6.07, 6.45) is 0. The maximum Gasteiger partial charge on any atom is 0.234 e. The van der Waals surface area contributed by atoms with Gasteiger partial charge in [0.2, 0.25) is 5.91 Å². The molecule has 1 amide bonds. The number of nitrogens with one attached hydrogen (secondary N) is 1. The van der Waals surface area contributed by atoms with Crippen molar-refractivity contribution >= 4 is 5.91 Å². The Morgan fingerprint density at radius 2 is 2.27 bits per heavy atom. The average Bonchev–Trinajstić information content (AvgIpc) is 2.18. The van der Waals surface area contributed by atoms with Crippen LogP contribution in [-0.4, -0.2) is 17.1 Å². The van der Waals surface area contributed by atoms with Crippen molar-refractivity contribution in [3.05, 3.63) is 29.3 Å². The minimum Gasteiger partial charge on any atom is -0.508 e. The number of phenolic OH excluding ortho intramolecular Hbond substituents is 1. The first-order valence-corrected chi connectivity index (χ1v) is 4.82. The Hall–Kier alpha value is -1.55. The number of carbonyl (C=O) groups excluding carboxylic acids is 1. The molecule has 82 valence electrons. The monoisotopic (exact) mass is 208 g/mol. The highest BCUT2D eigenvalue weighted by Crippen LogP contribution is 2.17. The number of hydrogen-bond acceptors (Lipinski definition) is 3. The van der Waals surface area contributed by atoms with Gasteiger partial charge in [0.1, 0.15) is 5.75 Å². The fourth-order valence-electron chi connectivity index (χ4n) is 1.22. The molecule has 0 aromatic heterocycles. The average molecular weight is 208 g/mol. The first-order valence-electron chi connectivity index (χ1n) is 4.82. The van der Waals surface area contributed by atoms with Crippen molar-refractivity contribution in [3.8, 4) is 5.75 Å². The van der Waals surface area contributed by atoms with Gasteiger partial charge in [0, 0.05) is 12.1 Å². The summed E-state index contributed by atoms with van der Waals surface area (Å²) in [4.78, 5) is 10.8. The first-order chi connectivity index (χ1) is 7.00. The van der Waals surface area contributed by atoms with Crippen LogP contribution in [0.5, 0.6) is 5.75 Å². The van der Waals surface area contributed by atoms with Crippen molar-refractivity contribution in [1.82, 2.24) is 5.32 Å². The van der Waals surface area contributed by atoms with E-state index < -0.39 is 11.9 Å². The Balaban J connectivity index is 2.65. The Bertz CT molecular complexity index is 364. The smallest absolute Gasteiger partial charge is 0.234 e. The van der Waals surface area contributed by atoms with E-state index in [4.69, 9.17) is 5.73 Å². The molecule has 4 heteroatoms. The Kier molecular flexibility index (Phi) is 3.68. The van der Waals surface area contributed by atoms with E-state index in [2.05, 4.69) is 5.32 Å². The molecule has 0 aliphatic rings. The van der Waals surface area contributed by atoms with Gasteiger partial charge in [-0.15, -0.1) is 0 Å². The molecule has 0 spiro atoms. The minimum absolute atomic E-state index is 0.227. The molecule has 1 aromatic carbocycles. The van der Waals surface area contributed by atoms with Gasteiger partial charge >= 0.3 is 0 Å². The van der Waals surface area contributed by atoms with E-state index in [1.165, 1.54) is 0 Å². The van der Waals surface area contributed by atoms with Gasteiger partial charge in [-0.1, -0.05) is 17.7 Å². The summed E-state index contributed by atoms with van der Waals surface area (Å²) >= 11 is 0. The van der Waals surface area contributed by atoms with E-state index in [0.29, 0.717) is 6.54 Å². The van der Waals surface area contributed by atoms with Crippen molar-refractivity contribution in [2.24, 2.45) is 5.73 Å². The van der Waals surface area contributed by atoms with Crippen LogP contribution in [0.3, 0.4) is 0 Å². The number of nitrogens with two attached hydrogens (primary N) is 1. The third kappa shape index (κ3) is 3.25. The van der Waals surface area contributed by atoms with Crippen LogP contribution in [0, 0.1) is 6.92 Å². The van der Waals surface area contributed by atoms with Crippen LogP contribution in [0.25, 0.3) is 0 Å². The molecule has 0 unspecified atom stereocenters. The summed E-state index contributed by atoms with van der Waals surface area (Å²) in [7, 11) is 0. The van der Waals surface area contributed by atoms with Crippen molar-refractivity contribution in [2.75, 3.05) is 0 Å². The van der Waals surface area contributed by atoms with Crippen LogP contribution in [0.15, 0.2) is 18.2 Å². The van der Waals surface area contributed by atoms with Gasteiger partial charge in [-0.2, -0.15) is 0 Å². The van der Waals surface area contributed by atoms with Crippen molar-refractivity contribution in [1.29, 1.82) is 0 Å². The zero-order valence-corrected chi connectivity index (χ0v) is 8.95. The lowest BCUT2D eigenvalue weighted by Crippen LogP contribution is -2.38. The molecule has 4 N–H and O–H groups in total. The van der Waals surface area contributed by atoms with E-state index >= 15 is 0 Å². The molecule has 0 saturated heterocycles. The predicted molar refractivity (Wildman–Crippen MR) is 58.3 cm³/mol. The SMILES string of the molecule is Cc1ccc(O)c(CN[C@@H](C)C(N)=O)c1. The van der Waals surface area contributed by atoms with E-state index in [9.17, 15) is 9.90 Å². The highest BCUT2D eigenvalue weighted by molar-refractivity contribution is 5.79. The Morgan fingerprint density at radius 3 is 2.87 bits per heavy atom. The molecule has 0 heterocycles. The quantitative estimate of drug-likeness (QED) is 0.680. The second-order valence-corrected chi connectivity index (χ2v) is 3.64. The second kappa shape index (κ2) is 4.79. The Morgan fingerprint density at radius 1 is 1.60 bits per heavy atom. The first kappa shape index (κ1) is 11.5. The normalized spacial score (nSPS) is 12.4. The molecule has 1 atom stereocenters. The van der Waals surface area contributed by atoms with Gasteiger partial charge in [-0.05, 0) is 19.9 Å². The largest absolute Gasteiger partial charge is 0.508 e.